The highest BCUT2D eigenvalue weighted by molar-refractivity contribution is 7.09. The second-order valence-electron chi connectivity index (χ2n) is 6.27. The second kappa shape index (κ2) is 7.37. The van der Waals surface area contributed by atoms with Crippen LogP contribution in [0.15, 0.2) is 35.7 Å². The molecule has 1 amide bonds. The van der Waals surface area contributed by atoms with Crippen LogP contribution < -0.4 is 14.4 Å². The molecule has 7 heteroatoms. The summed E-state index contributed by atoms with van der Waals surface area (Å²) in [6, 6.07) is 9.33. The van der Waals surface area contributed by atoms with Gasteiger partial charge in [-0.15, -0.1) is 11.3 Å². The second-order valence-corrected chi connectivity index (χ2v) is 7.30. The molecule has 1 aliphatic heterocycles. The van der Waals surface area contributed by atoms with Crippen molar-refractivity contribution in [2.75, 3.05) is 24.7 Å². The van der Waals surface area contributed by atoms with Gasteiger partial charge in [0.25, 0.3) is 5.91 Å². The molecule has 0 N–H and O–H groups in total. The number of thiophene rings is 1. The normalized spacial score (nSPS) is 15.4. The minimum Gasteiger partial charge on any atom is -0.486 e. The molecular weight excluding hydrogens is 354 g/mol. The molecule has 2 heterocycles. The molecule has 4 rings (SSSR count). The summed E-state index contributed by atoms with van der Waals surface area (Å²) in [4.78, 5) is 27.2. The van der Waals surface area contributed by atoms with Gasteiger partial charge < -0.3 is 19.1 Å². The lowest BCUT2D eigenvalue weighted by Gasteiger charge is -2.25. The Labute approximate surface area is 155 Å². The Morgan fingerprint density at radius 2 is 1.96 bits per heavy atom. The van der Waals surface area contributed by atoms with Gasteiger partial charge in [-0.2, -0.15) is 0 Å². The number of benzene rings is 1. The number of carbonyl (C=O) groups excluding carboxylic acids is 2. The lowest BCUT2D eigenvalue weighted by atomic mass is 10.2. The van der Waals surface area contributed by atoms with Crippen molar-refractivity contribution in [3.05, 3.63) is 40.6 Å². The van der Waals surface area contributed by atoms with Crippen LogP contribution in [0.1, 0.15) is 17.7 Å². The summed E-state index contributed by atoms with van der Waals surface area (Å²) in [5, 5.41) is 1.97. The predicted octanol–water partition coefficient (Wildman–Crippen LogP) is 3.01. The standard InChI is InChI=1S/C19H19NO5S/c21-18(12-25-19(22)13-3-4-13)20(11-15-2-1-9-26-15)14-5-6-16-17(10-14)24-8-7-23-16/h1-2,5-6,9-10,13H,3-4,7-8,11-12H2. The van der Waals surface area contributed by atoms with Crippen LogP contribution in [-0.2, 0) is 20.9 Å². The maximum Gasteiger partial charge on any atom is 0.309 e. The molecule has 0 radical (unpaired) electrons. The summed E-state index contributed by atoms with van der Waals surface area (Å²) in [5.74, 6) is 0.722. The molecule has 1 aromatic heterocycles. The third-order valence-electron chi connectivity index (χ3n) is 4.28. The molecule has 0 unspecified atom stereocenters. The number of ether oxygens (including phenoxy) is 3. The number of hydrogen-bond donors (Lipinski definition) is 0. The Hall–Kier alpha value is -2.54. The van der Waals surface area contributed by atoms with Crippen LogP contribution in [0.2, 0.25) is 0 Å². The van der Waals surface area contributed by atoms with E-state index in [-0.39, 0.29) is 24.4 Å². The molecule has 2 aromatic rings. The number of esters is 1. The van der Waals surface area contributed by atoms with E-state index in [1.165, 1.54) is 0 Å². The number of rotatable bonds is 6. The van der Waals surface area contributed by atoms with E-state index in [0.717, 1.165) is 17.7 Å². The van der Waals surface area contributed by atoms with E-state index in [0.29, 0.717) is 36.9 Å². The first-order chi connectivity index (χ1) is 12.7. The average Bonchev–Trinajstić information content (AvgIpc) is 3.40. The zero-order valence-electron chi connectivity index (χ0n) is 14.2. The van der Waals surface area contributed by atoms with Crippen molar-refractivity contribution >= 4 is 28.9 Å². The third kappa shape index (κ3) is 3.83. The predicted molar refractivity (Wildman–Crippen MR) is 96.6 cm³/mol. The van der Waals surface area contributed by atoms with Gasteiger partial charge in [-0.25, -0.2) is 0 Å². The van der Waals surface area contributed by atoms with Crippen LogP contribution >= 0.6 is 11.3 Å². The van der Waals surface area contributed by atoms with E-state index in [1.807, 2.05) is 23.6 Å². The number of hydrogen-bond acceptors (Lipinski definition) is 6. The Morgan fingerprint density at radius 3 is 2.69 bits per heavy atom. The van der Waals surface area contributed by atoms with E-state index in [2.05, 4.69) is 0 Å². The Morgan fingerprint density at radius 1 is 1.15 bits per heavy atom. The molecule has 0 atom stereocenters. The van der Waals surface area contributed by atoms with Crippen LogP contribution in [0, 0.1) is 5.92 Å². The van der Waals surface area contributed by atoms with E-state index in [4.69, 9.17) is 14.2 Å². The van der Waals surface area contributed by atoms with Gasteiger partial charge in [-0.1, -0.05) is 6.07 Å². The highest BCUT2D eigenvalue weighted by Gasteiger charge is 2.32. The van der Waals surface area contributed by atoms with Crippen molar-refractivity contribution in [2.45, 2.75) is 19.4 Å². The molecule has 136 valence electrons. The van der Waals surface area contributed by atoms with Crippen molar-refractivity contribution in [2.24, 2.45) is 5.92 Å². The molecule has 6 nitrogen and oxygen atoms in total. The quantitative estimate of drug-likeness (QED) is 0.729. The fraction of sp³-hybridized carbons (Fsp3) is 0.368. The largest absolute Gasteiger partial charge is 0.486 e. The molecule has 1 fully saturated rings. The molecule has 0 bridgehead atoms. The van der Waals surface area contributed by atoms with Gasteiger partial charge >= 0.3 is 5.97 Å². The number of carbonyl (C=O) groups is 2. The van der Waals surface area contributed by atoms with Crippen LogP contribution in [0.3, 0.4) is 0 Å². The van der Waals surface area contributed by atoms with Gasteiger partial charge in [0.05, 0.1) is 12.5 Å². The lowest BCUT2D eigenvalue weighted by Crippen LogP contribution is -2.34. The fourth-order valence-corrected chi connectivity index (χ4v) is 3.42. The maximum atomic E-state index is 12.8. The van der Waals surface area contributed by atoms with Gasteiger partial charge in [-0.05, 0) is 36.4 Å². The highest BCUT2D eigenvalue weighted by Crippen LogP contribution is 2.35. The first kappa shape index (κ1) is 16.9. The summed E-state index contributed by atoms with van der Waals surface area (Å²) >= 11 is 1.57. The third-order valence-corrected chi connectivity index (χ3v) is 5.14. The molecule has 2 aliphatic rings. The minimum atomic E-state index is -0.281. The number of amides is 1. The van der Waals surface area contributed by atoms with Crippen molar-refractivity contribution in [3.63, 3.8) is 0 Å². The van der Waals surface area contributed by atoms with Crippen molar-refractivity contribution in [1.29, 1.82) is 0 Å². The van der Waals surface area contributed by atoms with Crippen molar-refractivity contribution in [3.8, 4) is 11.5 Å². The van der Waals surface area contributed by atoms with E-state index in [9.17, 15) is 9.59 Å². The van der Waals surface area contributed by atoms with E-state index in [1.54, 1.807) is 28.4 Å². The van der Waals surface area contributed by atoms with Gasteiger partial charge in [0.2, 0.25) is 0 Å². The Kier molecular flexibility index (Phi) is 4.79. The van der Waals surface area contributed by atoms with Crippen LogP contribution in [0.4, 0.5) is 5.69 Å². The average molecular weight is 373 g/mol. The minimum absolute atomic E-state index is 0.0251. The smallest absolute Gasteiger partial charge is 0.309 e. The van der Waals surface area contributed by atoms with Crippen LogP contribution in [0.5, 0.6) is 11.5 Å². The van der Waals surface area contributed by atoms with Crippen molar-refractivity contribution in [1.82, 2.24) is 0 Å². The van der Waals surface area contributed by atoms with Gasteiger partial charge in [0.15, 0.2) is 18.1 Å². The zero-order chi connectivity index (χ0) is 17.9. The fourth-order valence-electron chi connectivity index (χ4n) is 2.73. The first-order valence-electron chi connectivity index (χ1n) is 8.60. The van der Waals surface area contributed by atoms with Gasteiger partial charge in [0.1, 0.15) is 13.2 Å². The summed E-state index contributed by atoms with van der Waals surface area (Å²) in [6.45, 7) is 1.15. The van der Waals surface area contributed by atoms with Gasteiger partial charge in [-0.3, -0.25) is 9.59 Å². The number of anilines is 1. The molecule has 1 aromatic carbocycles. The van der Waals surface area contributed by atoms with E-state index < -0.39 is 0 Å². The molecule has 26 heavy (non-hydrogen) atoms. The topological polar surface area (TPSA) is 65.1 Å². The number of fused-ring (bicyclic) bond motifs is 1. The summed E-state index contributed by atoms with van der Waals surface area (Å²) in [7, 11) is 0. The lowest BCUT2D eigenvalue weighted by molar-refractivity contribution is -0.149. The van der Waals surface area contributed by atoms with E-state index >= 15 is 0 Å². The Balaban J connectivity index is 1.53. The molecule has 1 saturated carbocycles. The molecule has 0 saturated heterocycles. The summed E-state index contributed by atoms with van der Waals surface area (Å²) in [6.07, 6.45) is 1.71. The molecular formula is C19H19NO5S. The Bertz CT molecular complexity index is 800. The van der Waals surface area contributed by atoms with Crippen LogP contribution in [0.25, 0.3) is 0 Å². The first-order valence-corrected chi connectivity index (χ1v) is 9.48. The van der Waals surface area contributed by atoms with Crippen molar-refractivity contribution < 1.29 is 23.8 Å². The summed E-state index contributed by atoms with van der Waals surface area (Å²) in [5.41, 5.74) is 0.690. The summed E-state index contributed by atoms with van der Waals surface area (Å²) < 4.78 is 16.3. The molecule has 1 aliphatic carbocycles. The van der Waals surface area contributed by atoms with Crippen LogP contribution in [-0.4, -0.2) is 31.7 Å². The monoisotopic (exact) mass is 373 g/mol. The van der Waals surface area contributed by atoms with Gasteiger partial charge in [0, 0.05) is 16.6 Å². The maximum absolute atomic E-state index is 12.8. The SMILES string of the molecule is O=C(OCC(=O)N(Cc1cccs1)c1ccc2c(c1)OCCO2)C1CC1. The highest BCUT2D eigenvalue weighted by atomic mass is 32.1. The molecule has 0 spiro atoms. The zero-order valence-corrected chi connectivity index (χ0v) is 15.0. The number of nitrogens with zero attached hydrogens (tertiary/aromatic N) is 1.